The number of benzene rings is 2. The van der Waals surface area contributed by atoms with Gasteiger partial charge in [0, 0.05) is 11.4 Å². The van der Waals surface area contributed by atoms with Crippen molar-refractivity contribution in [2.75, 3.05) is 13.2 Å². The smallest absolute Gasteiger partial charge is 0.336 e. The largest absolute Gasteiger partial charge is 0.463 e. The van der Waals surface area contributed by atoms with Crippen LogP contribution in [-0.4, -0.2) is 39.6 Å². The van der Waals surface area contributed by atoms with Gasteiger partial charge in [-0.15, -0.1) is 0 Å². The van der Waals surface area contributed by atoms with Crippen molar-refractivity contribution in [1.82, 2.24) is 14.5 Å². The molecule has 0 radical (unpaired) electrons. The van der Waals surface area contributed by atoms with Crippen LogP contribution in [0.3, 0.4) is 0 Å². The number of imidazole rings is 1. The van der Waals surface area contributed by atoms with E-state index in [1.165, 1.54) is 0 Å². The van der Waals surface area contributed by atoms with Crippen LogP contribution in [0.25, 0.3) is 11.0 Å². The first-order chi connectivity index (χ1) is 16.9. The molecule has 0 amide bonds. The van der Waals surface area contributed by atoms with Gasteiger partial charge in [0.2, 0.25) is 0 Å². The van der Waals surface area contributed by atoms with E-state index in [2.05, 4.69) is 9.55 Å². The number of hydrogen-bond donors (Lipinski definition) is 0. The molecule has 0 atom stereocenters. The molecule has 182 valence electrons. The molecule has 7 heteroatoms. The quantitative estimate of drug-likeness (QED) is 0.446. The highest BCUT2D eigenvalue weighted by Crippen LogP contribution is 2.43. The van der Waals surface area contributed by atoms with Gasteiger partial charge in [-0.3, -0.25) is 0 Å². The summed E-state index contributed by atoms with van der Waals surface area (Å²) in [4.78, 5) is 33.4. The zero-order chi connectivity index (χ0) is 25.1. The van der Waals surface area contributed by atoms with Crippen molar-refractivity contribution in [1.29, 1.82) is 0 Å². The van der Waals surface area contributed by atoms with Gasteiger partial charge in [0.25, 0.3) is 0 Å². The van der Waals surface area contributed by atoms with E-state index in [0.717, 1.165) is 33.8 Å². The maximum atomic E-state index is 13.4. The summed E-state index contributed by atoms with van der Waals surface area (Å²) in [6.45, 7) is 10.2. The van der Waals surface area contributed by atoms with Crippen LogP contribution >= 0.6 is 0 Å². The van der Waals surface area contributed by atoms with E-state index in [1.807, 2.05) is 80.3 Å². The summed E-state index contributed by atoms with van der Waals surface area (Å²) in [5, 5.41) is 0. The molecule has 0 N–H and O–H groups in total. The first kappa shape index (κ1) is 24.3. The summed E-state index contributed by atoms with van der Waals surface area (Å²) in [5.41, 5.74) is 5.05. The zero-order valence-corrected chi connectivity index (χ0v) is 20.9. The first-order valence-electron chi connectivity index (χ1n) is 11.9. The molecule has 0 saturated heterocycles. The van der Waals surface area contributed by atoms with Crippen molar-refractivity contribution >= 4 is 23.0 Å². The first-order valence-corrected chi connectivity index (χ1v) is 11.9. The van der Waals surface area contributed by atoms with E-state index in [9.17, 15) is 9.59 Å². The van der Waals surface area contributed by atoms with Gasteiger partial charge in [0.05, 0.1) is 41.3 Å². The lowest BCUT2D eigenvalue weighted by Gasteiger charge is -2.38. The third-order valence-corrected chi connectivity index (χ3v) is 6.42. The molecule has 0 spiro atoms. The molecule has 0 unspecified atom stereocenters. The lowest BCUT2D eigenvalue weighted by molar-refractivity contribution is -0.139. The highest BCUT2D eigenvalue weighted by molar-refractivity contribution is 5.99. The standard InChI is InChI=1S/C28H31N3O4/c1-6-34-27(32)24-18(3)30(17-31-20(5)29-22-15-11-12-16-23(22)31)19(4)25(28(33)35-7-2)26(24)21-13-9-8-10-14-21/h8-16,26H,6-7,17H2,1-5H3. The number of esters is 2. The fourth-order valence-electron chi connectivity index (χ4n) is 4.76. The molecule has 1 aliphatic heterocycles. The number of aryl methyl sites for hydroxylation is 1. The molecule has 0 fully saturated rings. The second-order valence-corrected chi connectivity index (χ2v) is 8.43. The van der Waals surface area contributed by atoms with Gasteiger partial charge in [-0.25, -0.2) is 14.6 Å². The molecular weight excluding hydrogens is 442 g/mol. The maximum absolute atomic E-state index is 13.4. The van der Waals surface area contributed by atoms with Gasteiger partial charge >= 0.3 is 11.9 Å². The number of carbonyl (C=O) groups excluding carboxylic acids is 2. The number of hydrogen-bond acceptors (Lipinski definition) is 6. The number of carbonyl (C=O) groups is 2. The van der Waals surface area contributed by atoms with Crippen LogP contribution in [0.1, 0.15) is 45.0 Å². The van der Waals surface area contributed by atoms with Gasteiger partial charge in [0.1, 0.15) is 12.5 Å². The highest BCUT2D eigenvalue weighted by atomic mass is 16.5. The fourth-order valence-corrected chi connectivity index (χ4v) is 4.76. The predicted molar refractivity (Wildman–Crippen MR) is 134 cm³/mol. The summed E-state index contributed by atoms with van der Waals surface area (Å²) in [6.07, 6.45) is 0. The summed E-state index contributed by atoms with van der Waals surface area (Å²) >= 11 is 0. The second-order valence-electron chi connectivity index (χ2n) is 8.43. The Hall–Kier alpha value is -3.87. The summed E-state index contributed by atoms with van der Waals surface area (Å²) in [7, 11) is 0. The van der Waals surface area contributed by atoms with E-state index in [4.69, 9.17) is 9.47 Å². The van der Waals surface area contributed by atoms with Gasteiger partial charge < -0.3 is 18.9 Å². The SMILES string of the molecule is CCOC(=O)C1=C(C)N(Cn2c(C)nc3ccccc32)C(C)=C(C(=O)OCC)C1c1ccccc1. The molecule has 3 aromatic rings. The fraction of sp³-hybridized carbons (Fsp3) is 0.321. The van der Waals surface area contributed by atoms with Crippen molar-refractivity contribution in [3.63, 3.8) is 0 Å². The van der Waals surface area contributed by atoms with Crippen LogP contribution in [0.4, 0.5) is 0 Å². The topological polar surface area (TPSA) is 73.7 Å². The van der Waals surface area contributed by atoms with Crippen LogP contribution in [-0.2, 0) is 25.7 Å². The van der Waals surface area contributed by atoms with E-state index < -0.39 is 17.9 Å². The summed E-state index contributed by atoms with van der Waals surface area (Å²) in [6, 6.07) is 17.5. The minimum atomic E-state index is -0.592. The normalized spacial score (nSPS) is 14.6. The third kappa shape index (κ3) is 4.46. The summed E-state index contributed by atoms with van der Waals surface area (Å²) in [5.74, 6) is -0.630. The molecule has 0 saturated carbocycles. The van der Waals surface area contributed by atoms with E-state index >= 15 is 0 Å². The van der Waals surface area contributed by atoms with Crippen LogP contribution in [0.5, 0.6) is 0 Å². The molecule has 0 bridgehead atoms. The van der Waals surface area contributed by atoms with Gasteiger partial charge in [-0.05, 0) is 52.3 Å². The van der Waals surface area contributed by atoms with E-state index in [1.54, 1.807) is 13.8 Å². The van der Waals surface area contributed by atoms with Crippen LogP contribution in [0.15, 0.2) is 77.1 Å². The van der Waals surface area contributed by atoms with Crippen molar-refractivity contribution in [3.05, 3.63) is 88.5 Å². The Morgan fingerprint density at radius 3 is 1.94 bits per heavy atom. The molecular formula is C28H31N3O4. The van der Waals surface area contributed by atoms with Crippen molar-refractivity contribution in [2.24, 2.45) is 0 Å². The molecule has 0 aliphatic carbocycles. The Kier molecular flexibility index (Phi) is 7.05. The Balaban J connectivity index is 1.93. The van der Waals surface area contributed by atoms with Crippen molar-refractivity contribution in [2.45, 2.75) is 47.2 Å². The Morgan fingerprint density at radius 2 is 1.37 bits per heavy atom. The number of allylic oxidation sites excluding steroid dienone is 2. The Bertz CT molecular complexity index is 1280. The predicted octanol–water partition coefficient (Wildman–Crippen LogP) is 5.08. The van der Waals surface area contributed by atoms with Crippen LogP contribution in [0.2, 0.25) is 0 Å². The average Bonchev–Trinajstić information content (AvgIpc) is 3.16. The van der Waals surface area contributed by atoms with Gasteiger partial charge in [-0.1, -0.05) is 42.5 Å². The molecule has 1 aliphatic rings. The molecule has 1 aromatic heterocycles. The molecule has 4 rings (SSSR count). The minimum Gasteiger partial charge on any atom is -0.463 e. The molecule has 2 heterocycles. The van der Waals surface area contributed by atoms with Crippen molar-refractivity contribution in [3.8, 4) is 0 Å². The van der Waals surface area contributed by atoms with Crippen LogP contribution in [0, 0.1) is 6.92 Å². The number of nitrogens with zero attached hydrogens (tertiary/aromatic N) is 3. The molecule has 7 nitrogen and oxygen atoms in total. The summed E-state index contributed by atoms with van der Waals surface area (Å²) < 4.78 is 13.1. The monoisotopic (exact) mass is 473 g/mol. The molecule has 2 aromatic carbocycles. The molecule has 35 heavy (non-hydrogen) atoms. The highest BCUT2D eigenvalue weighted by Gasteiger charge is 2.40. The van der Waals surface area contributed by atoms with E-state index in [0.29, 0.717) is 17.8 Å². The minimum absolute atomic E-state index is 0.236. The number of aromatic nitrogens is 2. The number of fused-ring (bicyclic) bond motifs is 1. The average molecular weight is 474 g/mol. The zero-order valence-electron chi connectivity index (χ0n) is 20.9. The number of para-hydroxylation sites is 2. The second kappa shape index (κ2) is 10.2. The number of rotatable bonds is 7. The lowest BCUT2D eigenvalue weighted by Crippen LogP contribution is -2.36. The third-order valence-electron chi connectivity index (χ3n) is 6.42. The van der Waals surface area contributed by atoms with E-state index in [-0.39, 0.29) is 13.2 Å². The Labute approximate surface area is 205 Å². The van der Waals surface area contributed by atoms with Crippen LogP contribution < -0.4 is 0 Å². The number of ether oxygens (including phenoxy) is 2. The maximum Gasteiger partial charge on any atom is 0.336 e. The van der Waals surface area contributed by atoms with Gasteiger partial charge in [0.15, 0.2) is 0 Å². The lowest BCUT2D eigenvalue weighted by atomic mass is 9.80. The Morgan fingerprint density at radius 1 is 0.829 bits per heavy atom. The van der Waals surface area contributed by atoms with Crippen molar-refractivity contribution < 1.29 is 19.1 Å². The van der Waals surface area contributed by atoms with Gasteiger partial charge in [-0.2, -0.15) is 0 Å².